The second-order valence-corrected chi connectivity index (χ2v) is 6.49. The molecule has 1 heterocycles. The van der Waals surface area contributed by atoms with Gasteiger partial charge in [-0.25, -0.2) is 4.99 Å². The van der Waals surface area contributed by atoms with Gasteiger partial charge < -0.3 is 15.2 Å². The van der Waals surface area contributed by atoms with Gasteiger partial charge in [0.2, 0.25) is 0 Å². The van der Waals surface area contributed by atoms with Crippen LogP contribution in [0.1, 0.15) is 63.5 Å². The summed E-state index contributed by atoms with van der Waals surface area (Å²) >= 11 is 0. The van der Waals surface area contributed by atoms with Gasteiger partial charge in [-0.3, -0.25) is 0 Å². The zero-order chi connectivity index (χ0) is 16.5. The second-order valence-electron chi connectivity index (χ2n) is 6.49. The first-order valence-electron chi connectivity index (χ1n) is 9.07. The van der Waals surface area contributed by atoms with Gasteiger partial charge in [0.15, 0.2) is 11.8 Å². The zero-order valence-corrected chi connectivity index (χ0v) is 17.7. The third-order valence-electron chi connectivity index (χ3n) is 4.71. The maximum atomic E-state index is 4.60. The van der Waals surface area contributed by atoms with Crippen LogP contribution in [0.4, 0.5) is 0 Å². The molecule has 0 bridgehead atoms. The number of aromatic nitrogens is 3. The summed E-state index contributed by atoms with van der Waals surface area (Å²) in [7, 11) is 1.98. The second kappa shape index (κ2) is 11.7. The molecule has 2 rings (SSSR count). The van der Waals surface area contributed by atoms with Crippen molar-refractivity contribution in [2.75, 3.05) is 13.1 Å². The van der Waals surface area contributed by atoms with E-state index in [2.05, 4.69) is 32.7 Å². The Bertz CT molecular complexity index is 493. The van der Waals surface area contributed by atoms with E-state index in [9.17, 15) is 0 Å². The van der Waals surface area contributed by atoms with Crippen molar-refractivity contribution in [2.24, 2.45) is 18.0 Å². The summed E-state index contributed by atoms with van der Waals surface area (Å²) in [6.45, 7) is 6.44. The van der Waals surface area contributed by atoms with E-state index in [0.29, 0.717) is 6.54 Å². The smallest absolute Gasteiger partial charge is 0.191 e. The van der Waals surface area contributed by atoms with E-state index in [1.54, 1.807) is 0 Å². The fraction of sp³-hybridized carbons (Fsp3) is 0.824. The number of hydrogen-bond acceptors (Lipinski definition) is 3. The Labute approximate surface area is 163 Å². The van der Waals surface area contributed by atoms with Gasteiger partial charge >= 0.3 is 0 Å². The standard InChI is InChI=1S/C17H32N6.HI/c1-4-18-17(20-13-16-22-21-14(2)23(16)3)19-12-8-7-11-15-9-5-6-10-15;/h15H,4-13H2,1-3H3,(H2,18,19,20);1H. The van der Waals surface area contributed by atoms with Crippen molar-refractivity contribution in [3.8, 4) is 0 Å². The van der Waals surface area contributed by atoms with E-state index in [4.69, 9.17) is 0 Å². The summed E-state index contributed by atoms with van der Waals surface area (Å²) < 4.78 is 1.98. The number of unbranched alkanes of at least 4 members (excludes halogenated alkanes) is 1. The number of guanidine groups is 1. The number of rotatable bonds is 8. The van der Waals surface area contributed by atoms with Gasteiger partial charge in [-0.1, -0.05) is 38.5 Å². The Hall–Kier alpha value is -0.860. The molecule has 1 aromatic rings. The fourth-order valence-electron chi connectivity index (χ4n) is 3.14. The quantitative estimate of drug-likeness (QED) is 0.278. The lowest BCUT2D eigenvalue weighted by molar-refractivity contribution is 0.472. The molecule has 0 atom stereocenters. The number of nitrogens with zero attached hydrogens (tertiary/aromatic N) is 4. The molecule has 6 nitrogen and oxygen atoms in total. The first-order valence-corrected chi connectivity index (χ1v) is 9.07. The highest BCUT2D eigenvalue weighted by Crippen LogP contribution is 2.28. The van der Waals surface area contributed by atoms with E-state index in [1.807, 2.05) is 18.5 Å². The predicted octanol–water partition coefficient (Wildman–Crippen LogP) is 3.16. The summed E-state index contributed by atoms with van der Waals surface area (Å²) in [5.41, 5.74) is 0. The van der Waals surface area contributed by atoms with Gasteiger partial charge in [0, 0.05) is 20.1 Å². The number of halogens is 1. The molecule has 24 heavy (non-hydrogen) atoms. The van der Waals surface area contributed by atoms with Crippen molar-refractivity contribution in [3.63, 3.8) is 0 Å². The third-order valence-corrected chi connectivity index (χ3v) is 4.71. The summed E-state index contributed by atoms with van der Waals surface area (Å²) in [4.78, 5) is 4.60. The number of aryl methyl sites for hydroxylation is 1. The Morgan fingerprint density at radius 3 is 2.58 bits per heavy atom. The minimum absolute atomic E-state index is 0. The molecule has 1 aliphatic rings. The average molecular weight is 448 g/mol. The average Bonchev–Trinajstić information content (AvgIpc) is 3.16. The molecule has 1 fully saturated rings. The molecular weight excluding hydrogens is 415 g/mol. The summed E-state index contributed by atoms with van der Waals surface area (Å²) in [5, 5.41) is 14.9. The molecule has 1 aliphatic carbocycles. The van der Waals surface area contributed by atoms with Crippen LogP contribution in [0.5, 0.6) is 0 Å². The molecule has 138 valence electrons. The highest BCUT2D eigenvalue weighted by atomic mass is 127. The number of hydrogen-bond donors (Lipinski definition) is 2. The molecule has 7 heteroatoms. The van der Waals surface area contributed by atoms with Crippen molar-refractivity contribution in [3.05, 3.63) is 11.6 Å². The van der Waals surface area contributed by atoms with Gasteiger partial charge in [-0.2, -0.15) is 0 Å². The van der Waals surface area contributed by atoms with Crippen LogP contribution in [0.25, 0.3) is 0 Å². The van der Waals surface area contributed by atoms with Crippen LogP contribution in [0, 0.1) is 12.8 Å². The van der Waals surface area contributed by atoms with Crippen LogP contribution in [-0.4, -0.2) is 33.8 Å². The predicted molar refractivity (Wildman–Crippen MR) is 110 cm³/mol. The number of nitrogens with one attached hydrogen (secondary N) is 2. The van der Waals surface area contributed by atoms with E-state index in [1.165, 1.54) is 44.9 Å². The summed E-state index contributed by atoms with van der Waals surface area (Å²) in [5.74, 6) is 3.67. The normalized spacial score (nSPS) is 15.4. The molecule has 0 radical (unpaired) electrons. The molecule has 0 aliphatic heterocycles. The van der Waals surface area contributed by atoms with Crippen LogP contribution in [0.2, 0.25) is 0 Å². The Morgan fingerprint density at radius 1 is 1.21 bits per heavy atom. The largest absolute Gasteiger partial charge is 0.357 e. The van der Waals surface area contributed by atoms with Crippen LogP contribution in [-0.2, 0) is 13.6 Å². The van der Waals surface area contributed by atoms with E-state index in [-0.39, 0.29) is 24.0 Å². The van der Waals surface area contributed by atoms with Crippen LogP contribution in [0.3, 0.4) is 0 Å². The van der Waals surface area contributed by atoms with Crippen molar-refractivity contribution in [1.29, 1.82) is 0 Å². The minimum Gasteiger partial charge on any atom is -0.357 e. The Kier molecular flexibility index (Phi) is 10.3. The van der Waals surface area contributed by atoms with E-state index in [0.717, 1.165) is 36.6 Å². The molecule has 0 saturated heterocycles. The van der Waals surface area contributed by atoms with Gasteiger partial charge in [0.1, 0.15) is 12.4 Å². The van der Waals surface area contributed by atoms with E-state index < -0.39 is 0 Å². The lowest BCUT2D eigenvalue weighted by Crippen LogP contribution is -2.37. The van der Waals surface area contributed by atoms with Crippen molar-refractivity contribution in [1.82, 2.24) is 25.4 Å². The maximum absolute atomic E-state index is 4.60. The van der Waals surface area contributed by atoms with Crippen LogP contribution >= 0.6 is 24.0 Å². The van der Waals surface area contributed by atoms with Gasteiger partial charge in [0.05, 0.1) is 0 Å². The SMILES string of the molecule is CCNC(=NCc1nnc(C)n1C)NCCCCC1CCCC1.I. The first-order chi connectivity index (χ1) is 11.2. The zero-order valence-electron chi connectivity index (χ0n) is 15.3. The number of aliphatic imine (C=N–C) groups is 1. The van der Waals surface area contributed by atoms with Crippen molar-refractivity contribution >= 4 is 29.9 Å². The van der Waals surface area contributed by atoms with Crippen molar-refractivity contribution in [2.45, 2.75) is 65.3 Å². The Morgan fingerprint density at radius 2 is 1.96 bits per heavy atom. The van der Waals surface area contributed by atoms with Crippen molar-refractivity contribution < 1.29 is 0 Å². The molecule has 1 saturated carbocycles. The lowest BCUT2D eigenvalue weighted by Gasteiger charge is -2.12. The van der Waals surface area contributed by atoms with Crippen LogP contribution < -0.4 is 10.6 Å². The maximum Gasteiger partial charge on any atom is 0.191 e. The molecule has 0 aromatic carbocycles. The first kappa shape index (κ1) is 21.2. The van der Waals surface area contributed by atoms with E-state index >= 15 is 0 Å². The fourth-order valence-corrected chi connectivity index (χ4v) is 3.14. The highest BCUT2D eigenvalue weighted by Gasteiger charge is 2.13. The summed E-state index contributed by atoms with van der Waals surface area (Å²) in [6, 6.07) is 0. The molecule has 0 spiro atoms. The molecule has 1 aromatic heterocycles. The van der Waals surface area contributed by atoms with Gasteiger partial charge in [-0.05, 0) is 26.2 Å². The minimum atomic E-state index is 0. The summed E-state index contributed by atoms with van der Waals surface area (Å²) in [6.07, 6.45) is 9.73. The monoisotopic (exact) mass is 448 g/mol. The topological polar surface area (TPSA) is 67.1 Å². The molecule has 0 unspecified atom stereocenters. The third kappa shape index (κ3) is 6.94. The molecule has 0 amide bonds. The highest BCUT2D eigenvalue weighted by molar-refractivity contribution is 14.0. The molecule has 2 N–H and O–H groups in total. The van der Waals surface area contributed by atoms with Crippen LogP contribution in [0.15, 0.2) is 4.99 Å². The molecular formula is C17H33IN6. The Balaban J connectivity index is 0.00000288. The van der Waals surface area contributed by atoms with Gasteiger partial charge in [0.25, 0.3) is 0 Å². The van der Waals surface area contributed by atoms with Gasteiger partial charge in [-0.15, -0.1) is 34.2 Å². The lowest BCUT2D eigenvalue weighted by atomic mass is 10.0.